The minimum atomic E-state index is 0.846. The molecule has 0 radical (unpaired) electrons. The van der Waals surface area contributed by atoms with Crippen LogP contribution in [-0.4, -0.2) is 9.13 Å². The number of benzene rings is 8. The van der Waals surface area contributed by atoms with Gasteiger partial charge in [0, 0.05) is 22.1 Å². The van der Waals surface area contributed by atoms with Gasteiger partial charge in [-0.2, -0.15) is 0 Å². The normalized spacial score (nSPS) is 11.9. The zero-order chi connectivity index (χ0) is 33.5. The second-order valence-corrected chi connectivity index (χ2v) is 13.4. The van der Waals surface area contributed by atoms with Crippen LogP contribution < -0.4 is 0 Å². The molecule has 11 aromatic rings. The summed E-state index contributed by atoms with van der Waals surface area (Å²) in [5.74, 6) is 0. The Kier molecular flexibility index (Phi) is 5.96. The van der Waals surface area contributed by atoms with Gasteiger partial charge in [-0.05, 0) is 92.3 Å². The topological polar surface area (TPSA) is 23.0 Å². The highest BCUT2D eigenvalue weighted by molar-refractivity contribution is 6.30. The summed E-state index contributed by atoms with van der Waals surface area (Å²) in [5.41, 5.74) is 10.8. The van der Waals surface area contributed by atoms with E-state index in [9.17, 15) is 0 Å². The molecule has 0 amide bonds. The van der Waals surface area contributed by atoms with Crippen molar-refractivity contribution in [2.75, 3.05) is 0 Å². The van der Waals surface area contributed by atoms with E-state index in [1.807, 2.05) is 0 Å². The number of hydrogen-bond acceptors (Lipinski definition) is 1. The number of aromatic nitrogens is 2. The maximum atomic E-state index is 7.26. The lowest BCUT2D eigenvalue weighted by Crippen LogP contribution is -1.95. The van der Waals surface area contributed by atoms with Crippen molar-refractivity contribution in [1.29, 1.82) is 0 Å². The molecule has 0 atom stereocenters. The van der Waals surface area contributed by atoms with E-state index in [-0.39, 0.29) is 0 Å². The van der Waals surface area contributed by atoms with E-state index in [4.69, 9.17) is 4.42 Å². The number of nitrogens with zero attached hydrogens (tertiary/aromatic N) is 2. The Bertz CT molecular complexity index is 2910. The lowest BCUT2D eigenvalue weighted by Gasteiger charge is -2.11. The third-order valence-electron chi connectivity index (χ3n) is 10.4. The molecule has 51 heavy (non-hydrogen) atoms. The van der Waals surface area contributed by atoms with Gasteiger partial charge in [0.1, 0.15) is 0 Å². The van der Waals surface area contributed by atoms with Crippen LogP contribution in [0.2, 0.25) is 0 Å². The molecule has 0 aliphatic carbocycles. The summed E-state index contributed by atoms with van der Waals surface area (Å²) in [5, 5.41) is 9.45. The minimum Gasteiger partial charge on any atom is -0.422 e. The van der Waals surface area contributed by atoms with E-state index in [1.165, 1.54) is 54.6 Å². The highest BCUT2D eigenvalue weighted by Crippen LogP contribution is 2.46. The van der Waals surface area contributed by atoms with Gasteiger partial charge in [0.05, 0.1) is 21.8 Å². The van der Waals surface area contributed by atoms with E-state index in [2.05, 4.69) is 191 Å². The zero-order valence-electron chi connectivity index (χ0n) is 27.6. The third kappa shape index (κ3) is 4.25. The maximum absolute atomic E-state index is 7.26. The summed E-state index contributed by atoms with van der Waals surface area (Å²) in [7, 11) is 0. The van der Waals surface area contributed by atoms with Gasteiger partial charge in [0.15, 0.2) is 0 Å². The zero-order valence-corrected chi connectivity index (χ0v) is 27.6. The van der Waals surface area contributed by atoms with Crippen molar-refractivity contribution in [1.82, 2.24) is 9.13 Å². The maximum Gasteiger partial charge on any atom is 0.215 e. The molecule has 0 aliphatic rings. The Labute approximate surface area is 293 Å². The molecule has 0 saturated carbocycles. The molecule has 3 nitrogen and oxygen atoms in total. The Morgan fingerprint density at radius 2 is 0.686 bits per heavy atom. The van der Waals surface area contributed by atoms with Crippen molar-refractivity contribution < 1.29 is 4.42 Å². The van der Waals surface area contributed by atoms with Crippen molar-refractivity contribution in [3.8, 4) is 33.6 Å². The van der Waals surface area contributed by atoms with Crippen molar-refractivity contribution in [3.63, 3.8) is 0 Å². The van der Waals surface area contributed by atoms with E-state index >= 15 is 0 Å². The summed E-state index contributed by atoms with van der Waals surface area (Å²) in [6.45, 7) is 0. The van der Waals surface area contributed by atoms with Gasteiger partial charge in [0.2, 0.25) is 11.4 Å². The molecule has 0 saturated heterocycles. The van der Waals surface area contributed by atoms with Crippen molar-refractivity contribution in [2.45, 2.75) is 0 Å². The van der Waals surface area contributed by atoms with Crippen LogP contribution in [0, 0.1) is 0 Å². The van der Waals surface area contributed by atoms with Crippen molar-refractivity contribution in [3.05, 3.63) is 182 Å². The molecule has 3 heteroatoms. The Morgan fingerprint density at radius 1 is 0.314 bits per heavy atom. The van der Waals surface area contributed by atoms with E-state index in [0.29, 0.717) is 0 Å². The third-order valence-corrected chi connectivity index (χ3v) is 10.4. The molecule has 3 heterocycles. The first-order chi connectivity index (χ1) is 25.3. The molecule has 8 aromatic carbocycles. The van der Waals surface area contributed by atoms with Crippen LogP contribution in [0.15, 0.2) is 186 Å². The predicted octanol–water partition coefficient (Wildman–Crippen LogP) is 13.1. The number of hydrogen-bond donors (Lipinski definition) is 0. The summed E-state index contributed by atoms with van der Waals surface area (Å²) < 4.78 is 11.9. The fourth-order valence-electron chi connectivity index (χ4n) is 8.09. The number of rotatable bonds is 4. The Morgan fingerprint density at radius 3 is 1.12 bits per heavy atom. The first-order valence-corrected chi connectivity index (χ1v) is 17.4. The number of fused-ring (bicyclic) bond motifs is 9. The van der Waals surface area contributed by atoms with Crippen LogP contribution in [-0.2, 0) is 0 Å². The number of furan rings is 1. The monoisotopic (exact) mass is 650 g/mol. The van der Waals surface area contributed by atoms with Gasteiger partial charge in [0.25, 0.3) is 0 Å². The van der Waals surface area contributed by atoms with Crippen LogP contribution in [0.25, 0.3) is 99.2 Å². The van der Waals surface area contributed by atoms with Gasteiger partial charge in [-0.1, -0.05) is 133 Å². The van der Waals surface area contributed by atoms with Gasteiger partial charge >= 0.3 is 0 Å². The molecule has 11 rings (SSSR count). The highest BCUT2D eigenvalue weighted by atomic mass is 16.4. The van der Waals surface area contributed by atoms with Gasteiger partial charge in [-0.3, -0.25) is 9.13 Å². The van der Waals surface area contributed by atoms with Gasteiger partial charge in [-0.25, -0.2) is 0 Å². The molecular formula is C48H30N2O. The van der Waals surface area contributed by atoms with Crippen LogP contribution in [0.4, 0.5) is 0 Å². The lowest BCUT2D eigenvalue weighted by molar-refractivity contribution is 0.624. The molecule has 0 N–H and O–H groups in total. The first kappa shape index (κ1) is 28.0. The van der Waals surface area contributed by atoms with Crippen molar-refractivity contribution >= 4 is 65.6 Å². The minimum absolute atomic E-state index is 0.846. The van der Waals surface area contributed by atoms with E-state index in [0.717, 1.165) is 44.6 Å². The van der Waals surface area contributed by atoms with Crippen LogP contribution >= 0.6 is 0 Å². The molecule has 0 spiro atoms. The van der Waals surface area contributed by atoms with E-state index < -0.39 is 0 Å². The summed E-state index contributed by atoms with van der Waals surface area (Å²) >= 11 is 0. The van der Waals surface area contributed by atoms with Gasteiger partial charge < -0.3 is 4.42 Å². The molecular weight excluding hydrogens is 621 g/mol. The van der Waals surface area contributed by atoms with E-state index in [1.54, 1.807) is 0 Å². The second-order valence-electron chi connectivity index (χ2n) is 13.4. The highest BCUT2D eigenvalue weighted by Gasteiger charge is 2.26. The second kappa shape index (κ2) is 10.8. The van der Waals surface area contributed by atoms with Crippen molar-refractivity contribution in [2.24, 2.45) is 0 Å². The largest absolute Gasteiger partial charge is 0.422 e. The van der Waals surface area contributed by atoms with Crippen LogP contribution in [0.1, 0.15) is 0 Å². The summed E-state index contributed by atoms with van der Waals surface area (Å²) in [6.07, 6.45) is 0. The SMILES string of the molecule is c1ccc(-c2cccc(-n3c4cc5ccccc5cc4c4c5c6cc7ccccc7cc6n(-c6cccc(-c7ccccc7)c6)c5oc43)c2)cc1. The molecule has 0 bridgehead atoms. The molecule has 3 aromatic heterocycles. The molecule has 0 unspecified atom stereocenters. The lowest BCUT2D eigenvalue weighted by atomic mass is 10.0. The quantitative estimate of drug-likeness (QED) is 0.186. The standard InChI is InChI=1S/C48H30N2O/c1-3-13-31(14-4-1)33-21-11-23-39(25-33)49-43-29-37-19-9-7-17-35(37)27-41(43)45-46-42-28-36-18-8-10-20-38(36)30-44(42)50(48(46)51-47(45)49)40-24-12-22-34(26-40)32-15-5-2-6-16-32/h1-30H. The van der Waals surface area contributed by atoms with Crippen LogP contribution in [0.5, 0.6) is 0 Å². The first-order valence-electron chi connectivity index (χ1n) is 17.4. The summed E-state index contributed by atoms with van der Waals surface area (Å²) in [4.78, 5) is 0. The van der Waals surface area contributed by atoms with Gasteiger partial charge in [-0.15, -0.1) is 0 Å². The Hall–Kier alpha value is -6.84. The fourth-order valence-corrected chi connectivity index (χ4v) is 8.09. The Balaban J connectivity index is 1.29. The average Bonchev–Trinajstić information content (AvgIpc) is 3.82. The molecule has 0 fully saturated rings. The predicted molar refractivity (Wildman–Crippen MR) is 213 cm³/mol. The summed E-state index contributed by atoms with van der Waals surface area (Å²) in [6, 6.07) is 65.4. The van der Waals surface area contributed by atoms with Crippen LogP contribution in [0.3, 0.4) is 0 Å². The fraction of sp³-hybridized carbons (Fsp3) is 0. The molecule has 0 aliphatic heterocycles. The average molecular weight is 651 g/mol. The smallest absolute Gasteiger partial charge is 0.215 e. The molecule has 238 valence electrons.